The van der Waals surface area contributed by atoms with Crippen molar-refractivity contribution >= 4 is 56.7 Å². The minimum Gasteiger partial charge on any atom is -0.281 e. The molecule has 55 heavy (non-hydrogen) atoms. The molecule has 0 radical (unpaired) electrons. The predicted octanol–water partition coefficient (Wildman–Crippen LogP) is 11.4. The monoisotopic (exact) mass is 758 g/mol. The number of hydrogen-bond acceptors (Lipinski definition) is 9. The molecule has 0 aromatic heterocycles. The first-order valence-corrected chi connectivity index (χ1v) is 19.3. The number of hydrogen-bond donors (Lipinski definition) is 0. The molecule has 9 heteroatoms. The largest absolute Gasteiger partial charge is 0.281 e. The highest BCUT2D eigenvalue weighted by molar-refractivity contribution is 8.14. The third-order valence-corrected chi connectivity index (χ3v) is 12.1. The van der Waals surface area contributed by atoms with Gasteiger partial charge in [0.15, 0.2) is 0 Å². The third kappa shape index (κ3) is 6.34. The van der Waals surface area contributed by atoms with Gasteiger partial charge in [0, 0.05) is 53.0 Å². The molecule has 0 N–H and O–H groups in total. The van der Waals surface area contributed by atoms with Crippen LogP contribution in [0.1, 0.15) is 43.0 Å². The van der Waals surface area contributed by atoms with Crippen LogP contribution in [0.3, 0.4) is 0 Å². The summed E-state index contributed by atoms with van der Waals surface area (Å²) in [5.41, 5.74) is 8.26. The van der Waals surface area contributed by atoms with Crippen molar-refractivity contribution in [2.75, 3.05) is 0 Å². The lowest BCUT2D eigenvalue weighted by atomic mass is 9.98. The Morgan fingerprint density at radius 1 is 0.382 bits per heavy atom. The summed E-state index contributed by atoms with van der Waals surface area (Å²) in [4.78, 5) is 30.9. The summed E-state index contributed by atoms with van der Waals surface area (Å²) in [6, 6.07) is 49.4. The van der Waals surface area contributed by atoms with Crippen molar-refractivity contribution in [1.82, 2.24) is 0 Å². The molecule has 0 amide bonds. The van der Waals surface area contributed by atoms with Crippen LogP contribution in [-0.2, 0) is 0 Å². The van der Waals surface area contributed by atoms with E-state index in [-0.39, 0.29) is 21.4 Å². The lowest BCUT2D eigenvalue weighted by molar-refractivity contribution is 0.108. The highest BCUT2D eigenvalue weighted by Crippen LogP contribution is 2.49. The van der Waals surface area contributed by atoms with Gasteiger partial charge in [0.25, 0.3) is 0 Å². The highest BCUT2D eigenvalue weighted by atomic mass is 32.2. The van der Waals surface area contributed by atoms with Crippen LogP contribution in [0.5, 0.6) is 0 Å². The van der Waals surface area contributed by atoms with Gasteiger partial charge in [-0.05, 0) is 118 Å². The normalized spacial score (nSPS) is 11.5. The number of rotatable bonds is 6. The molecular weight excluding hydrogens is 737 g/mol. The second-order valence-electron chi connectivity index (χ2n) is 12.3. The van der Waals surface area contributed by atoms with Gasteiger partial charge in [-0.1, -0.05) is 84.6 Å². The van der Waals surface area contributed by atoms with E-state index in [0.29, 0.717) is 33.4 Å². The number of thioether (sulfide) groups is 2. The summed E-state index contributed by atoms with van der Waals surface area (Å²) in [7, 11) is 0. The van der Waals surface area contributed by atoms with Crippen LogP contribution in [0.2, 0.25) is 0 Å². The second kappa shape index (κ2) is 14.9. The summed E-state index contributed by atoms with van der Waals surface area (Å²) in [6.45, 7) is 0. The first kappa shape index (κ1) is 35.2. The van der Waals surface area contributed by atoms with Gasteiger partial charge in [0.05, 0.1) is 0 Å². The Kier molecular flexibility index (Phi) is 9.52. The van der Waals surface area contributed by atoms with E-state index in [9.17, 15) is 30.6 Å². The van der Waals surface area contributed by atoms with Crippen LogP contribution in [0.15, 0.2) is 164 Å². The standard InChI is InChI=1S/C46H22N4O2S3/c47-23-27(24-48)41-33-7-1-3-9-35(33)43-37(41)11-5-13-39(43)45(51)54-31-19-15-29(16-20-31)53-30-17-21-32(22-18-30)55-46(52)40-14-6-12-38-42(28(25-49)26-50)34-8-2-4-10-36(34)44(38)40/h1-22H. The number of carbonyl (C=O) groups is 2. The van der Waals surface area contributed by atoms with Crippen LogP contribution in [0, 0.1) is 45.3 Å². The van der Waals surface area contributed by atoms with Crippen molar-refractivity contribution in [2.24, 2.45) is 0 Å². The van der Waals surface area contributed by atoms with Crippen LogP contribution >= 0.6 is 35.3 Å². The molecule has 6 aromatic carbocycles. The molecule has 0 aliphatic heterocycles. The van der Waals surface area contributed by atoms with Crippen LogP contribution in [0.4, 0.5) is 0 Å². The number of allylic oxidation sites excluding steroid dienone is 2. The first-order chi connectivity index (χ1) is 26.9. The average molecular weight is 759 g/mol. The molecule has 0 heterocycles. The first-order valence-electron chi connectivity index (χ1n) is 16.8. The van der Waals surface area contributed by atoms with Gasteiger partial charge in [-0.2, -0.15) is 21.0 Å². The number of nitriles is 4. The number of benzene rings is 6. The van der Waals surface area contributed by atoms with Crippen molar-refractivity contribution in [3.05, 3.63) is 178 Å². The minimum atomic E-state index is -0.137. The molecule has 0 spiro atoms. The van der Waals surface area contributed by atoms with Gasteiger partial charge in [-0.3, -0.25) is 9.59 Å². The van der Waals surface area contributed by atoms with E-state index >= 15 is 0 Å². The topological polar surface area (TPSA) is 129 Å². The molecule has 0 fully saturated rings. The molecule has 0 bridgehead atoms. The van der Waals surface area contributed by atoms with Crippen LogP contribution in [0.25, 0.3) is 33.4 Å². The number of fused-ring (bicyclic) bond motifs is 6. The van der Waals surface area contributed by atoms with E-state index in [4.69, 9.17) is 0 Å². The maximum absolute atomic E-state index is 13.7. The van der Waals surface area contributed by atoms with Crippen LogP contribution < -0.4 is 0 Å². The summed E-state index contributed by atoms with van der Waals surface area (Å²) in [5.74, 6) is 0. The maximum Gasteiger partial charge on any atom is 0.224 e. The third-order valence-electron chi connectivity index (χ3n) is 9.29. The van der Waals surface area contributed by atoms with E-state index < -0.39 is 0 Å². The fourth-order valence-electron chi connectivity index (χ4n) is 6.99. The average Bonchev–Trinajstić information content (AvgIpc) is 3.74. The number of carbonyl (C=O) groups excluding carboxylic acids is 2. The molecular formula is C46H22N4O2S3. The molecule has 256 valence electrons. The smallest absolute Gasteiger partial charge is 0.224 e. The summed E-state index contributed by atoms with van der Waals surface area (Å²) >= 11 is 3.82. The molecule has 6 nitrogen and oxygen atoms in total. The van der Waals surface area contributed by atoms with Crippen molar-refractivity contribution in [1.29, 1.82) is 21.0 Å². The van der Waals surface area contributed by atoms with Crippen molar-refractivity contribution < 1.29 is 9.59 Å². The summed E-state index contributed by atoms with van der Waals surface area (Å²) in [6.07, 6.45) is 0. The van der Waals surface area contributed by atoms with Gasteiger partial charge < -0.3 is 0 Å². The van der Waals surface area contributed by atoms with Crippen molar-refractivity contribution in [3.63, 3.8) is 0 Å². The Morgan fingerprint density at radius 2 is 0.709 bits per heavy atom. The van der Waals surface area contributed by atoms with Gasteiger partial charge in [0.2, 0.25) is 10.2 Å². The molecule has 2 aliphatic rings. The zero-order valence-corrected chi connectivity index (χ0v) is 31.0. The van der Waals surface area contributed by atoms with Gasteiger partial charge >= 0.3 is 0 Å². The van der Waals surface area contributed by atoms with E-state index in [2.05, 4.69) is 0 Å². The quantitative estimate of drug-likeness (QED) is 0.120. The maximum atomic E-state index is 13.7. The zero-order chi connectivity index (χ0) is 38.1. The molecule has 2 aliphatic carbocycles. The van der Waals surface area contributed by atoms with Gasteiger partial charge in [0.1, 0.15) is 35.4 Å². The van der Waals surface area contributed by atoms with Crippen molar-refractivity contribution in [2.45, 2.75) is 19.6 Å². The molecule has 8 rings (SSSR count). The van der Waals surface area contributed by atoms with Gasteiger partial charge in [-0.25, -0.2) is 0 Å². The zero-order valence-electron chi connectivity index (χ0n) is 28.5. The minimum absolute atomic E-state index is 0.0153. The molecule has 0 unspecified atom stereocenters. The Hall–Kier alpha value is -6.85. The lowest BCUT2D eigenvalue weighted by Gasteiger charge is -2.10. The fourth-order valence-corrected chi connectivity index (χ4v) is 9.34. The number of nitrogens with zero attached hydrogens (tertiary/aromatic N) is 4. The summed E-state index contributed by atoms with van der Waals surface area (Å²) < 4.78 is 0. The van der Waals surface area contributed by atoms with E-state index in [0.717, 1.165) is 76.5 Å². The highest BCUT2D eigenvalue weighted by Gasteiger charge is 2.31. The Bertz CT molecular complexity index is 2640. The summed E-state index contributed by atoms with van der Waals surface area (Å²) in [5, 5.41) is 38.4. The SMILES string of the molecule is N#CC(C#N)=C1c2ccccc2-c2c(C(=O)Sc3ccc(Sc4ccc(SC(=O)c5cccc6c5-c5ccccc5C6=C(C#N)C#N)cc4)cc3)cccc21. The van der Waals surface area contributed by atoms with E-state index in [1.54, 1.807) is 36.0 Å². The molecule has 0 saturated heterocycles. The predicted molar refractivity (Wildman–Crippen MR) is 216 cm³/mol. The molecule has 6 aromatic rings. The fraction of sp³-hybridized carbons (Fsp3) is 0. The van der Waals surface area contributed by atoms with Gasteiger partial charge in [-0.15, -0.1) is 0 Å². The Balaban J connectivity index is 0.963. The lowest BCUT2D eigenvalue weighted by Crippen LogP contribution is -1.98. The van der Waals surface area contributed by atoms with E-state index in [1.165, 1.54) is 0 Å². The molecule has 0 atom stereocenters. The van der Waals surface area contributed by atoms with E-state index in [1.807, 2.05) is 133 Å². The second-order valence-corrected chi connectivity index (χ2v) is 15.6. The van der Waals surface area contributed by atoms with Crippen LogP contribution in [-0.4, -0.2) is 10.2 Å². The Labute approximate surface area is 329 Å². The molecule has 0 saturated carbocycles. The Morgan fingerprint density at radius 3 is 1.07 bits per heavy atom. The van der Waals surface area contributed by atoms with Crippen molar-refractivity contribution in [3.8, 4) is 46.5 Å².